The van der Waals surface area contributed by atoms with Gasteiger partial charge in [0, 0.05) is 32.7 Å². The lowest BCUT2D eigenvalue weighted by molar-refractivity contribution is -0.147. The first-order valence-electron chi connectivity index (χ1n) is 8.93. The third-order valence-electron chi connectivity index (χ3n) is 4.64. The number of amides is 3. The molecule has 0 aromatic heterocycles. The molecule has 2 fully saturated rings. The predicted molar refractivity (Wildman–Crippen MR) is 89.6 cm³/mol. The Kier molecular flexibility index (Phi) is 6.45. The number of likely N-dealkylation sites (tertiary alicyclic amines) is 2. The van der Waals surface area contributed by atoms with Crippen molar-refractivity contribution in [3.8, 4) is 0 Å². The van der Waals surface area contributed by atoms with E-state index in [1.807, 2.05) is 18.7 Å². The number of carboxylic acid groups (broad SMARTS) is 1. The van der Waals surface area contributed by atoms with E-state index in [4.69, 9.17) is 5.11 Å². The monoisotopic (exact) mass is 339 g/mol. The van der Waals surface area contributed by atoms with Crippen LogP contribution >= 0.6 is 0 Å². The van der Waals surface area contributed by atoms with Gasteiger partial charge in [0.1, 0.15) is 6.54 Å². The topological polar surface area (TPSA) is 81.2 Å². The van der Waals surface area contributed by atoms with E-state index in [1.165, 1.54) is 4.90 Å². The Balaban J connectivity index is 1.99. The number of aliphatic carboxylic acids is 1. The molecule has 0 bridgehead atoms. The number of piperidine rings is 1. The maximum absolute atomic E-state index is 12.8. The van der Waals surface area contributed by atoms with E-state index in [0.717, 1.165) is 38.8 Å². The van der Waals surface area contributed by atoms with Crippen molar-refractivity contribution in [2.45, 2.75) is 39.5 Å². The number of hydrogen-bond donors (Lipinski definition) is 1. The van der Waals surface area contributed by atoms with Gasteiger partial charge in [0.05, 0.1) is 5.92 Å². The Morgan fingerprint density at radius 1 is 1.08 bits per heavy atom. The molecule has 24 heavy (non-hydrogen) atoms. The Bertz CT molecular complexity index is 474. The molecule has 7 nitrogen and oxygen atoms in total. The molecule has 2 aliphatic rings. The lowest BCUT2D eigenvalue weighted by atomic mass is 9.96. The molecule has 2 rings (SSSR count). The van der Waals surface area contributed by atoms with Crippen molar-refractivity contribution < 1.29 is 19.5 Å². The standard InChI is InChI=1S/C17H29N3O4/c1-13(2)10-20(12-15(21)22)16(23)14-6-5-9-19(11-14)17(24)18-7-3-4-8-18/h13-14H,3-12H2,1-2H3,(H,21,22). The highest BCUT2D eigenvalue weighted by Gasteiger charge is 2.34. The van der Waals surface area contributed by atoms with Crippen LogP contribution in [-0.2, 0) is 9.59 Å². The van der Waals surface area contributed by atoms with Crippen LogP contribution in [0.4, 0.5) is 4.79 Å². The van der Waals surface area contributed by atoms with E-state index in [9.17, 15) is 14.4 Å². The van der Waals surface area contributed by atoms with Gasteiger partial charge >= 0.3 is 12.0 Å². The molecular formula is C17H29N3O4. The van der Waals surface area contributed by atoms with Crippen molar-refractivity contribution in [3.05, 3.63) is 0 Å². The van der Waals surface area contributed by atoms with Gasteiger partial charge in [-0.25, -0.2) is 4.79 Å². The van der Waals surface area contributed by atoms with Gasteiger partial charge in [0.25, 0.3) is 0 Å². The molecule has 1 atom stereocenters. The molecule has 1 N–H and O–H groups in total. The van der Waals surface area contributed by atoms with Gasteiger partial charge in [-0.1, -0.05) is 13.8 Å². The average molecular weight is 339 g/mol. The summed E-state index contributed by atoms with van der Waals surface area (Å²) in [5.41, 5.74) is 0. The first kappa shape index (κ1) is 18.5. The number of nitrogens with zero attached hydrogens (tertiary/aromatic N) is 3. The van der Waals surface area contributed by atoms with Gasteiger partial charge in [-0.15, -0.1) is 0 Å². The summed E-state index contributed by atoms with van der Waals surface area (Å²) in [6.07, 6.45) is 3.60. The zero-order valence-electron chi connectivity index (χ0n) is 14.7. The molecule has 2 heterocycles. The number of carbonyl (C=O) groups excluding carboxylic acids is 2. The zero-order valence-corrected chi connectivity index (χ0v) is 14.7. The molecule has 0 spiro atoms. The molecular weight excluding hydrogens is 310 g/mol. The second-order valence-electron chi connectivity index (χ2n) is 7.27. The number of rotatable bonds is 5. The molecule has 7 heteroatoms. The number of hydrogen-bond acceptors (Lipinski definition) is 3. The number of carbonyl (C=O) groups is 3. The fraction of sp³-hybridized carbons (Fsp3) is 0.824. The smallest absolute Gasteiger partial charge is 0.323 e. The average Bonchev–Trinajstić information content (AvgIpc) is 3.06. The van der Waals surface area contributed by atoms with Crippen molar-refractivity contribution >= 4 is 17.9 Å². The van der Waals surface area contributed by atoms with Crippen molar-refractivity contribution in [3.63, 3.8) is 0 Å². The molecule has 0 aromatic carbocycles. The summed E-state index contributed by atoms with van der Waals surface area (Å²) < 4.78 is 0. The molecule has 0 radical (unpaired) electrons. The van der Waals surface area contributed by atoms with E-state index < -0.39 is 5.97 Å². The predicted octanol–water partition coefficient (Wildman–Crippen LogP) is 1.48. The normalized spacial score (nSPS) is 21.2. The van der Waals surface area contributed by atoms with Crippen molar-refractivity contribution in [2.75, 3.05) is 39.3 Å². The van der Waals surface area contributed by atoms with Crippen LogP contribution in [0.3, 0.4) is 0 Å². The molecule has 0 aromatic rings. The minimum absolute atomic E-state index is 0.0265. The van der Waals surface area contributed by atoms with Gasteiger partial charge < -0.3 is 19.8 Å². The summed E-state index contributed by atoms with van der Waals surface area (Å²) in [5, 5.41) is 9.06. The lowest BCUT2D eigenvalue weighted by Crippen LogP contribution is -2.51. The van der Waals surface area contributed by atoms with Gasteiger partial charge in [-0.3, -0.25) is 9.59 Å². The number of urea groups is 1. The van der Waals surface area contributed by atoms with Crippen LogP contribution in [0.25, 0.3) is 0 Å². The van der Waals surface area contributed by atoms with E-state index in [2.05, 4.69) is 0 Å². The minimum atomic E-state index is -0.996. The second-order valence-corrected chi connectivity index (χ2v) is 7.27. The van der Waals surface area contributed by atoms with Crippen molar-refractivity contribution in [1.82, 2.24) is 14.7 Å². The SMILES string of the molecule is CC(C)CN(CC(=O)O)C(=O)C1CCCN(C(=O)N2CCCC2)C1. The van der Waals surface area contributed by atoms with Crippen LogP contribution in [0, 0.1) is 11.8 Å². The fourth-order valence-corrected chi connectivity index (χ4v) is 3.56. The summed E-state index contributed by atoms with van der Waals surface area (Å²) in [6, 6.07) is 0.0265. The van der Waals surface area contributed by atoms with Crippen LogP contribution in [0.2, 0.25) is 0 Å². The van der Waals surface area contributed by atoms with Crippen LogP contribution in [-0.4, -0.2) is 77.0 Å². The molecule has 2 aliphatic heterocycles. The quantitative estimate of drug-likeness (QED) is 0.823. The molecule has 136 valence electrons. The highest BCUT2D eigenvalue weighted by molar-refractivity contribution is 5.84. The van der Waals surface area contributed by atoms with E-state index in [1.54, 1.807) is 4.90 Å². The van der Waals surface area contributed by atoms with E-state index in [0.29, 0.717) is 19.6 Å². The van der Waals surface area contributed by atoms with E-state index >= 15 is 0 Å². The Hall–Kier alpha value is -1.79. The highest BCUT2D eigenvalue weighted by Crippen LogP contribution is 2.22. The molecule has 2 saturated heterocycles. The number of carboxylic acids is 1. The largest absolute Gasteiger partial charge is 0.480 e. The van der Waals surface area contributed by atoms with Crippen LogP contribution in [0.5, 0.6) is 0 Å². The molecule has 0 aliphatic carbocycles. The van der Waals surface area contributed by atoms with Crippen LogP contribution in [0.15, 0.2) is 0 Å². The van der Waals surface area contributed by atoms with Crippen LogP contribution in [0.1, 0.15) is 39.5 Å². The third kappa shape index (κ3) is 4.85. The Morgan fingerprint density at radius 2 is 1.71 bits per heavy atom. The maximum atomic E-state index is 12.8. The minimum Gasteiger partial charge on any atom is -0.480 e. The Morgan fingerprint density at radius 3 is 2.29 bits per heavy atom. The zero-order chi connectivity index (χ0) is 17.7. The third-order valence-corrected chi connectivity index (χ3v) is 4.64. The van der Waals surface area contributed by atoms with E-state index in [-0.39, 0.29) is 30.3 Å². The first-order valence-corrected chi connectivity index (χ1v) is 8.93. The van der Waals surface area contributed by atoms with Gasteiger partial charge in [-0.05, 0) is 31.6 Å². The summed E-state index contributed by atoms with van der Waals surface area (Å²) in [4.78, 5) is 41.4. The maximum Gasteiger partial charge on any atom is 0.323 e. The summed E-state index contributed by atoms with van der Waals surface area (Å²) in [7, 11) is 0. The summed E-state index contributed by atoms with van der Waals surface area (Å²) in [5.74, 6) is -1.21. The lowest BCUT2D eigenvalue weighted by Gasteiger charge is -2.36. The fourth-order valence-electron chi connectivity index (χ4n) is 3.56. The van der Waals surface area contributed by atoms with Crippen LogP contribution < -0.4 is 0 Å². The van der Waals surface area contributed by atoms with Crippen molar-refractivity contribution in [2.24, 2.45) is 11.8 Å². The van der Waals surface area contributed by atoms with Gasteiger partial charge in [-0.2, -0.15) is 0 Å². The Labute approximate surface area is 143 Å². The molecule has 1 unspecified atom stereocenters. The summed E-state index contributed by atoms with van der Waals surface area (Å²) in [6.45, 7) is 6.77. The second kappa shape index (κ2) is 8.35. The summed E-state index contributed by atoms with van der Waals surface area (Å²) >= 11 is 0. The van der Waals surface area contributed by atoms with Crippen molar-refractivity contribution in [1.29, 1.82) is 0 Å². The molecule has 3 amide bonds. The first-order chi connectivity index (χ1) is 11.4. The molecule has 0 saturated carbocycles. The van der Waals surface area contributed by atoms with Gasteiger partial charge in [0.2, 0.25) is 5.91 Å². The van der Waals surface area contributed by atoms with Gasteiger partial charge in [0.15, 0.2) is 0 Å². The highest BCUT2D eigenvalue weighted by atomic mass is 16.4.